The van der Waals surface area contributed by atoms with Crippen molar-refractivity contribution in [2.45, 2.75) is 57.3 Å². The van der Waals surface area contributed by atoms with Crippen LogP contribution in [0.3, 0.4) is 0 Å². The predicted octanol–water partition coefficient (Wildman–Crippen LogP) is 3.24. The highest BCUT2D eigenvalue weighted by molar-refractivity contribution is 5.92. The Morgan fingerprint density at radius 3 is 2.67 bits per heavy atom. The third-order valence-corrected chi connectivity index (χ3v) is 5.33. The standard InChI is InChI=1S/C21H28FNO4/c1-2-26-21-17(7-4-12-24)18(14-8-10-15(22)11-9-14)13-19(27-21)20(25)23-16-5-3-6-16/h8-11,13,16-18,21,24H,2-7,12H2,1H3,(H,23,25)/t17-,18-,21-/m0/s1. The molecule has 1 amide bonds. The molecule has 1 heterocycles. The Hall–Kier alpha value is -1.92. The van der Waals surface area contributed by atoms with Crippen LogP contribution in [0.5, 0.6) is 0 Å². The number of aliphatic hydroxyl groups excluding tert-OH is 1. The molecule has 5 nitrogen and oxygen atoms in total. The van der Waals surface area contributed by atoms with Crippen molar-refractivity contribution in [2.75, 3.05) is 13.2 Å². The van der Waals surface area contributed by atoms with Gasteiger partial charge in [0.15, 0.2) is 5.76 Å². The van der Waals surface area contributed by atoms with Crippen LogP contribution in [0.25, 0.3) is 0 Å². The number of amides is 1. The molecule has 1 aliphatic carbocycles. The molecule has 0 saturated heterocycles. The van der Waals surface area contributed by atoms with Crippen LogP contribution in [0.15, 0.2) is 36.1 Å². The second kappa shape index (κ2) is 9.33. The van der Waals surface area contributed by atoms with E-state index in [-0.39, 0.29) is 42.0 Å². The van der Waals surface area contributed by atoms with Crippen LogP contribution in [0.4, 0.5) is 4.39 Å². The van der Waals surface area contributed by atoms with E-state index in [1.54, 1.807) is 12.1 Å². The number of carbonyl (C=O) groups is 1. The van der Waals surface area contributed by atoms with E-state index in [2.05, 4.69) is 5.32 Å². The lowest BCUT2D eigenvalue weighted by molar-refractivity contribution is -0.167. The summed E-state index contributed by atoms with van der Waals surface area (Å²) in [5.74, 6) is -0.481. The first kappa shape index (κ1) is 19.8. The van der Waals surface area contributed by atoms with Crippen LogP contribution in [-0.2, 0) is 14.3 Å². The van der Waals surface area contributed by atoms with Gasteiger partial charge in [-0.25, -0.2) is 4.39 Å². The number of hydrogen-bond donors (Lipinski definition) is 2. The zero-order chi connectivity index (χ0) is 19.2. The van der Waals surface area contributed by atoms with Gasteiger partial charge < -0.3 is 19.9 Å². The number of carbonyl (C=O) groups excluding carboxylic acids is 1. The van der Waals surface area contributed by atoms with E-state index in [4.69, 9.17) is 9.47 Å². The van der Waals surface area contributed by atoms with E-state index >= 15 is 0 Å². The smallest absolute Gasteiger partial charge is 0.286 e. The summed E-state index contributed by atoms with van der Waals surface area (Å²) in [6.45, 7) is 2.41. The van der Waals surface area contributed by atoms with Gasteiger partial charge in [0, 0.05) is 31.1 Å². The SMILES string of the molecule is CCO[C@H]1OC(C(=O)NC2CCC2)=C[C@@H](c2ccc(F)cc2)[C@@H]1CCCO. The minimum absolute atomic E-state index is 0.0668. The Morgan fingerprint density at radius 2 is 2.07 bits per heavy atom. The summed E-state index contributed by atoms with van der Waals surface area (Å²) >= 11 is 0. The summed E-state index contributed by atoms with van der Waals surface area (Å²) in [7, 11) is 0. The second-order valence-electron chi connectivity index (χ2n) is 7.18. The summed E-state index contributed by atoms with van der Waals surface area (Å²) < 4.78 is 25.1. The number of rotatable bonds is 8. The molecule has 1 saturated carbocycles. The molecule has 1 aromatic rings. The quantitative estimate of drug-likeness (QED) is 0.730. The Bertz CT molecular complexity index is 657. The average molecular weight is 377 g/mol. The van der Waals surface area contributed by atoms with E-state index in [0.29, 0.717) is 19.4 Å². The Balaban J connectivity index is 1.88. The second-order valence-corrected chi connectivity index (χ2v) is 7.18. The molecule has 3 rings (SSSR count). The van der Waals surface area contributed by atoms with Crippen LogP contribution < -0.4 is 5.32 Å². The molecular formula is C21H28FNO4. The van der Waals surface area contributed by atoms with Crippen molar-refractivity contribution < 1.29 is 23.8 Å². The third-order valence-electron chi connectivity index (χ3n) is 5.33. The maximum Gasteiger partial charge on any atom is 0.286 e. The molecule has 0 radical (unpaired) electrons. The van der Waals surface area contributed by atoms with Crippen LogP contribution in [-0.4, -0.2) is 36.6 Å². The lowest BCUT2D eigenvalue weighted by Crippen LogP contribution is -2.43. The van der Waals surface area contributed by atoms with E-state index in [1.165, 1.54) is 12.1 Å². The van der Waals surface area contributed by atoms with Gasteiger partial charge in [0.1, 0.15) is 5.82 Å². The topological polar surface area (TPSA) is 67.8 Å². The van der Waals surface area contributed by atoms with Gasteiger partial charge in [0.05, 0.1) is 0 Å². The summed E-state index contributed by atoms with van der Waals surface area (Å²) in [5, 5.41) is 12.3. The number of aliphatic hydroxyl groups is 1. The molecule has 6 heteroatoms. The molecule has 2 N–H and O–H groups in total. The molecule has 0 unspecified atom stereocenters. The number of ether oxygens (including phenoxy) is 2. The molecule has 27 heavy (non-hydrogen) atoms. The number of benzene rings is 1. The number of hydrogen-bond acceptors (Lipinski definition) is 4. The largest absolute Gasteiger partial charge is 0.459 e. The normalized spacial score (nSPS) is 25.3. The van der Waals surface area contributed by atoms with Crippen LogP contribution in [0.2, 0.25) is 0 Å². The van der Waals surface area contributed by atoms with E-state index < -0.39 is 6.29 Å². The first-order valence-electron chi connectivity index (χ1n) is 9.79. The van der Waals surface area contributed by atoms with Crippen molar-refractivity contribution in [3.8, 4) is 0 Å². The fraction of sp³-hybridized carbons (Fsp3) is 0.571. The third kappa shape index (κ3) is 4.87. The van der Waals surface area contributed by atoms with Gasteiger partial charge >= 0.3 is 0 Å². The lowest BCUT2D eigenvalue weighted by atomic mass is 9.80. The molecule has 148 valence electrons. The molecule has 1 fully saturated rings. The fourth-order valence-corrected chi connectivity index (χ4v) is 3.64. The number of halogens is 1. The molecule has 1 aromatic carbocycles. The average Bonchev–Trinajstić information content (AvgIpc) is 2.64. The van der Waals surface area contributed by atoms with Gasteiger partial charge in [-0.05, 0) is 62.8 Å². The number of nitrogens with one attached hydrogen (secondary N) is 1. The van der Waals surface area contributed by atoms with E-state index in [1.807, 2.05) is 13.0 Å². The van der Waals surface area contributed by atoms with Crippen molar-refractivity contribution in [1.82, 2.24) is 5.32 Å². The summed E-state index contributed by atoms with van der Waals surface area (Å²) in [5.41, 5.74) is 0.904. The molecule has 1 aliphatic heterocycles. The van der Waals surface area contributed by atoms with Crippen LogP contribution in [0.1, 0.15) is 50.5 Å². The number of allylic oxidation sites excluding steroid dienone is 1. The highest BCUT2D eigenvalue weighted by Gasteiger charge is 2.38. The van der Waals surface area contributed by atoms with Crippen molar-refractivity contribution in [2.24, 2.45) is 5.92 Å². The molecular weight excluding hydrogens is 349 g/mol. The van der Waals surface area contributed by atoms with Gasteiger partial charge in [-0.2, -0.15) is 0 Å². The van der Waals surface area contributed by atoms with Gasteiger partial charge in [0.2, 0.25) is 6.29 Å². The van der Waals surface area contributed by atoms with Gasteiger partial charge in [0.25, 0.3) is 5.91 Å². The van der Waals surface area contributed by atoms with E-state index in [0.717, 1.165) is 24.8 Å². The molecule has 0 bridgehead atoms. The maximum absolute atomic E-state index is 13.4. The fourth-order valence-electron chi connectivity index (χ4n) is 3.64. The lowest BCUT2D eigenvalue weighted by Gasteiger charge is -2.37. The predicted molar refractivity (Wildman–Crippen MR) is 99.3 cm³/mol. The highest BCUT2D eigenvalue weighted by Crippen LogP contribution is 2.39. The highest BCUT2D eigenvalue weighted by atomic mass is 19.1. The molecule has 0 spiro atoms. The van der Waals surface area contributed by atoms with Crippen LogP contribution >= 0.6 is 0 Å². The first-order chi connectivity index (χ1) is 13.1. The van der Waals surface area contributed by atoms with Crippen molar-refractivity contribution in [3.05, 3.63) is 47.5 Å². The zero-order valence-corrected chi connectivity index (χ0v) is 15.7. The Kier molecular flexibility index (Phi) is 6.85. The monoisotopic (exact) mass is 377 g/mol. The van der Waals surface area contributed by atoms with Crippen molar-refractivity contribution >= 4 is 5.91 Å². The summed E-state index contributed by atoms with van der Waals surface area (Å²) in [6, 6.07) is 6.52. The van der Waals surface area contributed by atoms with E-state index in [9.17, 15) is 14.3 Å². The molecule has 0 aromatic heterocycles. The van der Waals surface area contributed by atoms with Crippen molar-refractivity contribution in [3.63, 3.8) is 0 Å². The van der Waals surface area contributed by atoms with Gasteiger partial charge in [-0.1, -0.05) is 12.1 Å². The minimum atomic E-state index is -0.580. The van der Waals surface area contributed by atoms with Gasteiger partial charge in [-0.3, -0.25) is 4.79 Å². The van der Waals surface area contributed by atoms with Crippen molar-refractivity contribution in [1.29, 1.82) is 0 Å². The van der Waals surface area contributed by atoms with Crippen LogP contribution in [0, 0.1) is 11.7 Å². The summed E-state index contributed by atoms with van der Waals surface area (Å²) in [4.78, 5) is 12.6. The Morgan fingerprint density at radius 1 is 1.33 bits per heavy atom. The summed E-state index contributed by atoms with van der Waals surface area (Å²) in [6.07, 6.45) is 5.64. The molecule has 3 atom stereocenters. The minimum Gasteiger partial charge on any atom is -0.459 e. The molecule has 2 aliphatic rings. The first-order valence-corrected chi connectivity index (χ1v) is 9.79. The van der Waals surface area contributed by atoms with Gasteiger partial charge in [-0.15, -0.1) is 0 Å². The zero-order valence-electron chi connectivity index (χ0n) is 15.7. The Labute approximate surface area is 159 Å². The maximum atomic E-state index is 13.4.